The second-order valence-corrected chi connectivity index (χ2v) is 5.34. The number of ether oxygens (including phenoxy) is 1. The Hall–Kier alpha value is -2.16. The number of nitrogens with one attached hydrogen (secondary N) is 1. The van der Waals surface area contributed by atoms with Gasteiger partial charge in [0.1, 0.15) is 17.2 Å². The first-order chi connectivity index (χ1) is 10.2. The summed E-state index contributed by atoms with van der Waals surface area (Å²) in [7, 11) is 0. The van der Waals surface area contributed by atoms with Crippen LogP contribution in [-0.2, 0) is 9.53 Å². The lowest BCUT2D eigenvalue weighted by molar-refractivity contribution is -0.140. The molecule has 9 heteroatoms. The van der Waals surface area contributed by atoms with Crippen molar-refractivity contribution < 1.29 is 31.9 Å². The molecule has 0 radical (unpaired) electrons. The summed E-state index contributed by atoms with van der Waals surface area (Å²) in [6.07, 6.45) is -4.53. The van der Waals surface area contributed by atoms with Crippen molar-refractivity contribution in [2.45, 2.75) is 6.18 Å². The molecule has 1 heterocycles. The number of carbonyl (C=O) groups is 2. The Morgan fingerprint density at radius 2 is 1.95 bits per heavy atom. The Labute approximate surface area is 125 Å². The minimum atomic E-state index is -4.53. The molecule has 22 heavy (non-hydrogen) atoms. The third kappa shape index (κ3) is 4.42. The van der Waals surface area contributed by atoms with E-state index in [0.29, 0.717) is 10.1 Å². The molecule has 0 atom stereocenters. The first-order valence-electron chi connectivity index (χ1n) is 5.94. The molecule has 0 unspecified atom stereocenters. The lowest BCUT2D eigenvalue weighted by Gasteiger charge is -2.08. The van der Waals surface area contributed by atoms with E-state index in [1.54, 1.807) is 5.32 Å². The Morgan fingerprint density at radius 1 is 1.23 bits per heavy atom. The molecule has 0 aliphatic carbocycles. The molecule has 1 aromatic carbocycles. The first kappa shape index (κ1) is 16.2. The zero-order valence-corrected chi connectivity index (χ0v) is 11.7. The maximum absolute atomic E-state index is 13.0. The molecule has 0 aliphatic rings. The molecule has 118 valence electrons. The van der Waals surface area contributed by atoms with E-state index < -0.39 is 37.0 Å². The fraction of sp³-hybridized carbons (Fsp3) is 0.231. The second-order valence-electron chi connectivity index (χ2n) is 4.26. The van der Waals surface area contributed by atoms with Gasteiger partial charge in [-0.05, 0) is 29.7 Å². The van der Waals surface area contributed by atoms with Gasteiger partial charge in [-0.25, -0.2) is 9.18 Å². The van der Waals surface area contributed by atoms with Crippen molar-refractivity contribution in [3.63, 3.8) is 0 Å². The minimum Gasteiger partial charge on any atom is -0.451 e. The van der Waals surface area contributed by atoms with Gasteiger partial charge in [-0.3, -0.25) is 4.79 Å². The van der Waals surface area contributed by atoms with Gasteiger partial charge in [-0.15, -0.1) is 11.3 Å². The van der Waals surface area contributed by atoms with Crippen LogP contribution in [0.15, 0.2) is 24.3 Å². The number of fused-ring (bicyclic) bond motifs is 1. The summed E-state index contributed by atoms with van der Waals surface area (Å²) in [6, 6.07) is 5.35. The molecular formula is C13H9F4NO3S. The van der Waals surface area contributed by atoms with Crippen LogP contribution in [0.2, 0.25) is 0 Å². The summed E-state index contributed by atoms with van der Waals surface area (Å²) in [5.74, 6) is -2.38. The number of alkyl halides is 3. The summed E-state index contributed by atoms with van der Waals surface area (Å²) in [4.78, 5) is 22.9. The Morgan fingerprint density at radius 3 is 2.64 bits per heavy atom. The van der Waals surface area contributed by atoms with Crippen LogP contribution in [-0.4, -0.2) is 31.2 Å². The van der Waals surface area contributed by atoms with E-state index in [1.165, 1.54) is 24.3 Å². The standard InChI is InChI=1S/C13H9F4NO3S/c14-8-1-2-9-7(3-8)4-10(22-9)12(20)21-5-11(19)18-6-13(15,16)17/h1-4H,5-6H2,(H,18,19). The van der Waals surface area contributed by atoms with E-state index in [4.69, 9.17) is 0 Å². The van der Waals surface area contributed by atoms with Crippen LogP contribution in [0.4, 0.5) is 17.6 Å². The van der Waals surface area contributed by atoms with Crippen molar-refractivity contribution in [2.75, 3.05) is 13.2 Å². The van der Waals surface area contributed by atoms with Crippen LogP contribution < -0.4 is 5.32 Å². The van der Waals surface area contributed by atoms with Gasteiger partial charge in [0.05, 0.1) is 0 Å². The molecule has 0 saturated carbocycles. The highest BCUT2D eigenvalue weighted by Gasteiger charge is 2.27. The lowest BCUT2D eigenvalue weighted by atomic mass is 10.2. The van der Waals surface area contributed by atoms with E-state index in [1.807, 2.05) is 0 Å². The number of thiophene rings is 1. The minimum absolute atomic E-state index is 0.129. The third-order valence-electron chi connectivity index (χ3n) is 2.50. The zero-order chi connectivity index (χ0) is 16.3. The van der Waals surface area contributed by atoms with Gasteiger partial charge in [0.25, 0.3) is 5.91 Å². The van der Waals surface area contributed by atoms with Crippen LogP contribution in [0.5, 0.6) is 0 Å². The molecule has 2 rings (SSSR count). The summed E-state index contributed by atoms with van der Waals surface area (Å²) in [5, 5.41) is 2.07. The van der Waals surface area contributed by atoms with Crippen LogP contribution >= 0.6 is 11.3 Å². The van der Waals surface area contributed by atoms with Gasteiger partial charge < -0.3 is 10.1 Å². The molecule has 0 fully saturated rings. The van der Waals surface area contributed by atoms with Crippen molar-refractivity contribution >= 4 is 33.3 Å². The fourth-order valence-electron chi connectivity index (χ4n) is 1.57. The molecule has 0 saturated heterocycles. The number of carbonyl (C=O) groups excluding carboxylic acids is 2. The van der Waals surface area contributed by atoms with Gasteiger partial charge in [0.15, 0.2) is 6.61 Å². The topological polar surface area (TPSA) is 55.4 Å². The van der Waals surface area contributed by atoms with Gasteiger partial charge in [0, 0.05) is 4.70 Å². The van der Waals surface area contributed by atoms with E-state index in [2.05, 4.69) is 4.74 Å². The molecular weight excluding hydrogens is 326 g/mol. The average molecular weight is 335 g/mol. The van der Waals surface area contributed by atoms with Crippen LogP contribution in [0, 0.1) is 5.82 Å². The molecule has 0 bridgehead atoms. The average Bonchev–Trinajstić information content (AvgIpc) is 2.84. The number of hydrogen-bond acceptors (Lipinski definition) is 4. The summed E-state index contributed by atoms with van der Waals surface area (Å²) < 4.78 is 53.9. The van der Waals surface area contributed by atoms with Crippen LogP contribution in [0.25, 0.3) is 10.1 Å². The van der Waals surface area contributed by atoms with Gasteiger partial charge in [-0.1, -0.05) is 0 Å². The summed E-state index contributed by atoms with van der Waals surface area (Å²) in [5.41, 5.74) is 0. The van der Waals surface area contributed by atoms with Crippen molar-refractivity contribution in [1.82, 2.24) is 5.32 Å². The number of hydrogen-bond donors (Lipinski definition) is 1. The Kier molecular flexibility index (Phi) is 4.65. The number of amides is 1. The van der Waals surface area contributed by atoms with Gasteiger partial charge >= 0.3 is 12.1 Å². The monoisotopic (exact) mass is 335 g/mol. The van der Waals surface area contributed by atoms with Crippen molar-refractivity contribution in [3.8, 4) is 0 Å². The summed E-state index contributed by atoms with van der Waals surface area (Å²) >= 11 is 1.03. The van der Waals surface area contributed by atoms with Gasteiger partial charge in [0.2, 0.25) is 0 Å². The molecule has 0 aliphatic heterocycles. The van der Waals surface area contributed by atoms with E-state index in [-0.39, 0.29) is 4.88 Å². The smallest absolute Gasteiger partial charge is 0.405 e. The van der Waals surface area contributed by atoms with Crippen LogP contribution in [0.3, 0.4) is 0 Å². The normalized spacial score (nSPS) is 11.5. The van der Waals surface area contributed by atoms with Gasteiger partial charge in [-0.2, -0.15) is 13.2 Å². The predicted molar refractivity (Wildman–Crippen MR) is 71.1 cm³/mol. The first-order valence-corrected chi connectivity index (χ1v) is 6.76. The quantitative estimate of drug-likeness (QED) is 0.690. The number of benzene rings is 1. The number of halogens is 4. The highest BCUT2D eigenvalue weighted by Crippen LogP contribution is 2.26. The van der Waals surface area contributed by atoms with Crippen molar-refractivity contribution in [2.24, 2.45) is 0 Å². The van der Waals surface area contributed by atoms with Crippen molar-refractivity contribution in [1.29, 1.82) is 0 Å². The van der Waals surface area contributed by atoms with E-state index in [9.17, 15) is 27.2 Å². The Bertz CT molecular complexity index is 711. The number of rotatable bonds is 4. The van der Waals surface area contributed by atoms with E-state index >= 15 is 0 Å². The molecule has 2 aromatic rings. The highest BCUT2D eigenvalue weighted by atomic mass is 32.1. The largest absolute Gasteiger partial charge is 0.451 e. The maximum Gasteiger partial charge on any atom is 0.405 e. The van der Waals surface area contributed by atoms with Crippen molar-refractivity contribution in [3.05, 3.63) is 35.0 Å². The fourth-order valence-corrected chi connectivity index (χ4v) is 2.50. The second kappa shape index (κ2) is 6.30. The van der Waals surface area contributed by atoms with Crippen LogP contribution in [0.1, 0.15) is 9.67 Å². The molecule has 1 N–H and O–H groups in total. The SMILES string of the molecule is O=C(COC(=O)c1cc2cc(F)ccc2s1)NCC(F)(F)F. The molecule has 1 amide bonds. The molecule has 4 nitrogen and oxygen atoms in total. The summed E-state index contributed by atoms with van der Waals surface area (Å²) in [6.45, 7) is -2.32. The predicted octanol–water partition coefficient (Wildman–Crippen LogP) is 2.88. The third-order valence-corrected chi connectivity index (χ3v) is 3.60. The lowest BCUT2D eigenvalue weighted by Crippen LogP contribution is -2.36. The maximum atomic E-state index is 13.0. The van der Waals surface area contributed by atoms with E-state index in [0.717, 1.165) is 11.3 Å². The molecule has 0 spiro atoms. The Balaban J connectivity index is 1.92. The number of esters is 1. The zero-order valence-electron chi connectivity index (χ0n) is 10.9. The molecule has 1 aromatic heterocycles. The highest BCUT2D eigenvalue weighted by molar-refractivity contribution is 7.20.